The van der Waals surface area contributed by atoms with Crippen molar-refractivity contribution in [2.45, 2.75) is 57.5 Å². The van der Waals surface area contributed by atoms with Gasteiger partial charge in [0.1, 0.15) is 0 Å². The van der Waals surface area contributed by atoms with Gasteiger partial charge < -0.3 is 5.32 Å². The van der Waals surface area contributed by atoms with E-state index in [0.717, 1.165) is 30.4 Å². The molecule has 1 aromatic rings. The summed E-state index contributed by atoms with van der Waals surface area (Å²) < 4.78 is 28.2. The number of hydrogen-bond donors (Lipinski definition) is 2. The monoisotopic (exact) mass is 310 g/mol. The van der Waals surface area contributed by atoms with E-state index in [1.54, 1.807) is 6.07 Å². The molecule has 1 fully saturated rings. The Labute approximate surface area is 128 Å². The van der Waals surface area contributed by atoms with Crippen LogP contribution in [-0.4, -0.2) is 21.5 Å². The van der Waals surface area contributed by atoms with Gasteiger partial charge in [0, 0.05) is 12.6 Å². The smallest absolute Gasteiger partial charge is 0.241 e. The Morgan fingerprint density at radius 3 is 2.62 bits per heavy atom. The summed E-state index contributed by atoms with van der Waals surface area (Å²) in [6.45, 7) is 6.90. The Kier molecular flexibility index (Phi) is 4.76. The molecule has 0 bridgehead atoms. The summed E-state index contributed by atoms with van der Waals surface area (Å²) in [4.78, 5) is 0.403. The van der Waals surface area contributed by atoms with E-state index >= 15 is 0 Å². The summed E-state index contributed by atoms with van der Waals surface area (Å²) in [5.74, 6) is 0. The highest BCUT2D eigenvalue weighted by molar-refractivity contribution is 7.89. The van der Waals surface area contributed by atoms with Gasteiger partial charge in [-0.25, -0.2) is 13.1 Å². The molecule has 0 heterocycles. The van der Waals surface area contributed by atoms with Gasteiger partial charge in [-0.2, -0.15) is 0 Å². The van der Waals surface area contributed by atoms with Crippen molar-refractivity contribution in [1.82, 2.24) is 10.0 Å². The fourth-order valence-electron chi connectivity index (χ4n) is 3.07. The lowest BCUT2D eigenvalue weighted by atomic mass is 9.92. The third-order valence-electron chi connectivity index (χ3n) is 4.21. The first-order valence-corrected chi connectivity index (χ1v) is 8.98. The molecule has 21 heavy (non-hydrogen) atoms. The zero-order valence-corrected chi connectivity index (χ0v) is 14.2. The van der Waals surface area contributed by atoms with Crippen molar-refractivity contribution in [1.29, 1.82) is 0 Å². The largest absolute Gasteiger partial charge is 0.316 e. The zero-order valence-electron chi connectivity index (χ0n) is 13.4. The number of aryl methyl sites for hydroxylation is 1. The predicted octanol–water partition coefficient (Wildman–Crippen LogP) is 2.57. The predicted molar refractivity (Wildman–Crippen MR) is 85.7 cm³/mol. The first-order valence-electron chi connectivity index (χ1n) is 7.50. The summed E-state index contributed by atoms with van der Waals surface area (Å²) in [5, 5.41) is 3.05. The van der Waals surface area contributed by atoms with Crippen LogP contribution in [0.4, 0.5) is 0 Å². The van der Waals surface area contributed by atoms with Crippen LogP contribution >= 0.6 is 0 Å². The lowest BCUT2D eigenvalue weighted by Crippen LogP contribution is -2.34. The fraction of sp³-hybridized carbons (Fsp3) is 0.625. The van der Waals surface area contributed by atoms with Crippen LogP contribution in [-0.2, 0) is 16.6 Å². The Morgan fingerprint density at radius 2 is 2.05 bits per heavy atom. The molecule has 0 aliphatic heterocycles. The molecule has 0 amide bonds. The molecule has 1 unspecified atom stereocenters. The van der Waals surface area contributed by atoms with Crippen LogP contribution in [0.2, 0.25) is 0 Å². The van der Waals surface area contributed by atoms with Crippen LogP contribution < -0.4 is 10.0 Å². The molecule has 1 aliphatic carbocycles. The molecule has 0 radical (unpaired) electrons. The van der Waals surface area contributed by atoms with Crippen LogP contribution in [0.5, 0.6) is 0 Å². The van der Waals surface area contributed by atoms with Crippen molar-refractivity contribution in [3.8, 4) is 0 Å². The van der Waals surface area contributed by atoms with Gasteiger partial charge in [0.25, 0.3) is 0 Å². The minimum atomic E-state index is -3.44. The summed E-state index contributed by atoms with van der Waals surface area (Å²) >= 11 is 0. The Bertz CT molecular complexity index is 609. The van der Waals surface area contributed by atoms with Crippen molar-refractivity contribution in [3.05, 3.63) is 29.3 Å². The lowest BCUT2D eigenvalue weighted by Gasteiger charge is -2.18. The fourth-order valence-corrected chi connectivity index (χ4v) is 4.63. The molecule has 1 aliphatic rings. The highest BCUT2D eigenvalue weighted by Crippen LogP contribution is 2.37. The maximum absolute atomic E-state index is 12.6. The number of nitrogens with one attached hydrogen (secondary N) is 2. The summed E-state index contributed by atoms with van der Waals surface area (Å²) in [5.41, 5.74) is 2.01. The first kappa shape index (κ1) is 16.5. The second-order valence-electron chi connectivity index (χ2n) is 6.86. The van der Waals surface area contributed by atoms with Crippen LogP contribution in [0.1, 0.15) is 44.2 Å². The Balaban J connectivity index is 2.21. The summed E-state index contributed by atoms with van der Waals surface area (Å²) in [6, 6.07) is 5.66. The van der Waals surface area contributed by atoms with E-state index in [0.29, 0.717) is 11.4 Å². The third-order valence-corrected chi connectivity index (χ3v) is 5.88. The first-order chi connectivity index (χ1) is 9.73. The molecule has 2 rings (SSSR count). The number of benzene rings is 1. The molecule has 2 N–H and O–H groups in total. The molecule has 0 aromatic heterocycles. The van der Waals surface area contributed by atoms with Gasteiger partial charge >= 0.3 is 0 Å². The molecule has 1 aromatic carbocycles. The summed E-state index contributed by atoms with van der Waals surface area (Å²) in [7, 11) is -1.59. The van der Waals surface area contributed by atoms with Gasteiger partial charge in [-0.05, 0) is 55.8 Å². The van der Waals surface area contributed by atoms with Crippen molar-refractivity contribution in [2.24, 2.45) is 5.41 Å². The Hall–Kier alpha value is -0.910. The average molecular weight is 310 g/mol. The third kappa shape index (κ3) is 4.05. The SMILES string of the molecule is CNCc1ccc(C)c(S(=O)(=O)NC2CCC(C)(C)C2)c1. The van der Waals surface area contributed by atoms with Gasteiger partial charge in [0.05, 0.1) is 4.90 Å². The van der Waals surface area contributed by atoms with Gasteiger partial charge in [-0.3, -0.25) is 0 Å². The van der Waals surface area contributed by atoms with Crippen LogP contribution in [0, 0.1) is 12.3 Å². The van der Waals surface area contributed by atoms with Gasteiger partial charge in [-0.1, -0.05) is 26.0 Å². The lowest BCUT2D eigenvalue weighted by molar-refractivity contribution is 0.372. The standard InChI is InChI=1S/C16H26N2O2S/c1-12-5-6-13(11-17-4)9-15(12)21(19,20)18-14-7-8-16(2,3)10-14/h5-6,9,14,17-18H,7-8,10-11H2,1-4H3. The van der Waals surface area contributed by atoms with E-state index in [9.17, 15) is 8.42 Å². The van der Waals surface area contributed by atoms with E-state index in [4.69, 9.17) is 0 Å². The topological polar surface area (TPSA) is 58.2 Å². The average Bonchev–Trinajstić information content (AvgIpc) is 2.70. The van der Waals surface area contributed by atoms with Crippen molar-refractivity contribution >= 4 is 10.0 Å². The van der Waals surface area contributed by atoms with E-state index in [2.05, 4.69) is 23.9 Å². The normalized spacial score (nSPS) is 21.6. The molecule has 0 saturated heterocycles. The van der Waals surface area contributed by atoms with E-state index in [-0.39, 0.29) is 11.5 Å². The quantitative estimate of drug-likeness (QED) is 0.879. The molecular formula is C16H26N2O2S. The van der Waals surface area contributed by atoms with Crippen molar-refractivity contribution < 1.29 is 8.42 Å². The van der Waals surface area contributed by atoms with E-state index in [1.807, 2.05) is 26.1 Å². The van der Waals surface area contributed by atoms with Crippen LogP contribution in [0.15, 0.2) is 23.1 Å². The van der Waals surface area contributed by atoms with Gasteiger partial charge in [-0.15, -0.1) is 0 Å². The number of rotatable bonds is 5. The molecule has 5 heteroatoms. The molecule has 4 nitrogen and oxygen atoms in total. The summed E-state index contributed by atoms with van der Waals surface area (Å²) in [6.07, 6.45) is 2.89. The number of hydrogen-bond acceptors (Lipinski definition) is 3. The highest BCUT2D eigenvalue weighted by atomic mass is 32.2. The molecule has 1 saturated carbocycles. The van der Waals surface area contributed by atoms with Crippen molar-refractivity contribution in [2.75, 3.05) is 7.05 Å². The molecular weight excluding hydrogens is 284 g/mol. The van der Waals surface area contributed by atoms with E-state index < -0.39 is 10.0 Å². The molecule has 1 atom stereocenters. The van der Waals surface area contributed by atoms with Crippen molar-refractivity contribution in [3.63, 3.8) is 0 Å². The van der Waals surface area contributed by atoms with Gasteiger partial charge in [0.15, 0.2) is 0 Å². The van der Waals surface area contributed by atoms with Crippen LogP contribution in [0.25, 0.3) is 0 Å². The van der Waals surface area contributed by atoms with E-state index in [1.165, 1.54) is 0 Å². The number of sulfonamides is 1. The second kappa shape index (κ2) is 6.07. The maximum Gasteiger partial charge on any atom is 0.241 e. The van der Waals surface area contributed by atoms with Crippen LogP contribution in [0.3, 0.4) is 0 Å². The minimum absolute atomic E-state index is 0.0531. The Morgan fingerprint density at radius 1 is 1.33 bits per heavy atom. The second-order valence-corrected chi connectivity index (χ2v) is 8.54. The maximum atomic E-state index is 12.6. The van der Waals surface area contributed by atoms with Gasteiger partial charge in [0.2, 0.25) is 10.0 Å². The molecule has 118 valence electrons. The molecule has 0 spiro atoms. The highest BCUT2D eigenvalue weighted by Gasteiger charge is 2.33. The zero-order chi connectivity index (χ0) is 15.7. The minimum Gasteiger partial charge on any atom is -0.316 e.